The van der Waals surface area contributed by atoms with Crippen LogP contribution in [0.1, 0.15) is 102 Å². The fourth-order valence-electron chi connectivity index (χ4n) is 2.14. The molecule has 0 aromatic carbocycles. The molecule has 0 saturated carbocycles. The number of hydrogen-bond donors (Lipinski definition) is 7. The number of aliphatic carboxylic acids is 3. The molecule has 0 unspecified atom stereocenters. The highest BCUT2D eigenvalue weighted by molar-refractivity contribution is 7.86. The SMILES string of the molecule is CC(C)C(=O)NC(C)(C)CS(=O)(=O)O.CC(C)C(=O)O.CCC(=O)NC(C)(C)CS(=O)(=O)O.CCC(=O)O.CCCC(=O)O. The van der Waals surface area contributed by atoms with E-state index >= 15 is 0 Å². The molecule has 0 heterocycles. The second kappa shape index (κ2) is 24.5. The fraction of sp³-hybridized carbons (Fsp3) is 0.808. The smallest absolute Gasteiger partial charge is 0.305 e. The molecular formula is C26H54N2O14S2. The lowest BCUT2D eigenvalue weighted by molar-refractivity contribution is -0.140. The van der Waals surface area contributed by atoms with E-state index in [1.807, 2.05) is 6.92 Å². The molecule has 0 aliphatic heterocycles. The molecule has 0 bridgehead atoms. The summed E-state index contributed by atoms with van der Waals surface area (Å²) in [4.78, 5) is 50.8. The number of carbonyl (C=O) groups excluding carboxylic acids is 2. The summed E-state index contributed by atoms with van der Waals surface area (Å²) in [5, 5.41) is 28.6. The summed E-state index contributed by atoms with van der Waals surface area (Å²) in [5.41, 5.74) is -1.88. The molecule has 7 N–H and O–H groups in total. The number of hydrogen-bond acceptors (Lipinski definition) is 9. The van der Waals surface area contributed by atoms with E-state index in [2.05, 4.69) is 10.6 Å². The van der Waals surface area contributed by atoms with Crippen molar-refractivity contribution in [1.82, 2.24) is 10.6 Å². The summed E-state index contributed by atoms with van der Waals surface area (Å²) >= 11 is 0. The molecule has 18 heteroatoms. The lowest BCUT2D eigenvalue weighted by Gasteiger charge is -2.25. The second-order valence-corrected chi connectivity index (χ2v) is 14.1. The van der Waals surface area contributed by atoms with Gasteiger partial charge >= 0.3 is 17.9 Å². The molecule has 2 amide bonds. The molecule has 0 aliphatic rings. The highest BCUT2D eigenvalue weighted by atomic mass is 32.2. The maximum absolute atomic E-state index is 11.3. The van der Waals surface area contributed by atoms with Crippen molar-refractivity contribution in [1.29, 1.82) is 0 Å². The van der Waals surface area contributed by atoms with Crippen LogP contribution in [0.3, 0.4) is 0 Å². The van der Waals surface area contributed by atoms with Crippen LogP contribution in [0.15, 0.2) is 0 Å². The lowest BCUT2D eigenvalue weighted by Crippen LogP contribution is -2.49. The van der Waals surface area contributed by atoms with Crippen LogP contribution in [0.25, 0.3) is 0 Å². The Bertz CT molecular complexity index is 1080. The second-order valence-electron chi connectivity index (χ2n) is 11.1. The van der Waals surface area contributed by atoms with Crippen LogP contribution in [-0.4, -0.2) is 93.6 Å². The van der Waals surface area contributed by atoms with E-state index in [4.69, 9.17) is 24.4 Å². The topological polar surface area (TPSA) is 279 Å². The van der Waals surface area contributed by atoms with E-state index in [0.717, 1.165) is 6.42 Å². The van der Waals surface area contributed by atoms with Gasteiger partial charge < -0.3 is 26.0 Å². The van der Waals surface area contributed by atoms with Gasteiger partial charge in [0.05, 0.1) is 28.5 Å². The minimum absolute atomic E-state index is 0.212. The van der Waals surface area contributed by atoms with Crippen molar-refractivity contribution in [3.8, 4) is 0 Å². The third-order valence-electron chi connectivity index (χ3n) is 4.13. The largest absolute Gasteiger partial charge is 0.481 e. The van der Waals surface area contributed by atoms with E-state index < -0.39 is 60.7 Å². The van der Waals surface area contributed by atoms with Crippen molar-refractivity contribution in [3.63, 3.8) is 0 Å². The molecule has 0 aliphatic carbocycles. The standard InChI is InChI=1S/C8H17NO4S.C7H15NO4S.2C4H8O2.C3H6O2/c1-6(2)7(10)9-8(3,4)5-14(11,12)13;1-4-6(9)8-7(2,3)5-13(10,11)12;1-3(2)4(5)6;1-2-3-4(5)6;1-2-3(4)5/h6H,5H2,1-4H3,(H,9,10)(H,11,12,13);4-5H2,1-3H3,(H,8,9)(H,10,11,12);3H,1-2H3,(H,5,6);2-3H2,1H3,(H,5,6);2H2,1H3,(H,4,5). The first-order valence-electron chi connectivity index (χ1n) is 13.6. The monoisotopic (exact) mass is 682 g/mol. The molecule has 264 valence electrons. The van der Waals surface area contributed by atoms with Crippen LogP contribution in [0.4, 0.5) is 0 Å². The molecule has 16 nitrogen and oxygen atoms in total. The Kier molecular flexibility index (Phi) is 28.3. The summed E-state index contributed by atoms with van der Waals surface area (Å²) in [7, 11) is -8.12. The first-order valence-corrected chi connectivity index (χ1v) is 16.8. The van der Waals surface area contributed by atoms with Crippen LogP contribution in [-0.2, 0) is 44.2 Å². The van der Waals surface area contributed by atoms with Crippen molar-refractivity contribution < 1.29 is 65.2 Å². The Balaban J connectivity index is -0.000000154. The molecule has 0 fully saturated rings. The normalized spacial score (nSPS) is 11.1. The van der Waals surface area contributed by atoms with Crippen molar-refractivity contribution in [2.24, 2.45) is 11.8 Å². The number of carboxylic acid groups (broad SMARTS) is 3. The van der Waals surface area contributed by atoms with Gasteiger partial charge in [-0.25, -0.2) is 0 Å². The average Bonchev–Trinajstić information content (AvgIpc) is 2.76. The van der Waals surface area contributed by atoms with Crippen molar-refractivity contribution in [2.75, 3.05) is 11.5 Å². The number of nitrogens with one attached hydrogen (secondary N) is 2. The summed E-state index contributed by atoms with van der Waals surface area (Å²) < 4.78 is 59.4. The van der Waals surface area contributed by atoms with Gasteiger partial charge in [0, 0.05) is 25.2 Å². The van der Waals surface area contributed by atoms with Gasteiger partial charge in [-0.3, -0.25) is 33.1 Å². The third kappa shape index (κ3) is 48.9. The molecular weight excluding hydrogens is 628 g/mol. The van der Waals surface area contributed by atoms with E-state index in [-0.39, 0.29) is 36.5 Å². The molecule has 44 heavy (non-hydrogen) atoms. The average molecular weight is 683 g/mol. The molecule has 0 atom stereocenters. The Morgan fingerprint density at radius 3 is 1.11 bits per heavy atom. The first kappa shape index (κ1) is 50.8. The summed E-state index contributed by atoms with van der Waals surface area (Å²) in [5.74, 6) is -4.09. The zero-order valence-corrected chi connectivity index (χ0v) is 29.3. The van der Waals surface area contributed by atoms with Gasteiger partial charge in [-0.15, -0.1) is 0 Å². The number of rotatable bonds is 12. The van der Waals surface area contributed by atoms with Crippen LogP contribution in [0, 0.1) is 11.8 Å². The highest BCUT2D eigenvalue weighted by Crippen LogP contribution is 2.07. The van der Waals surface area contributed by atoms with Crippen LogP contribution in [0.5, 0.6) is 0 Å². The first-order chi connectivity index (χ1) is 19.4. The zero-order chi connectivity index (χ0) is 36.7. The Hall–Kier alpha value is -2.83. The van der Waals surface area contributed by atoms with Gasteiger partial charge in [-0.2, -0.15) is 16.8 Å². The molecule has 0 saturated heterocycles. The molecule has 0 aromatic rings. The fourth-order valence-corrected chi connectivity index (χ4v) is 4.11. The predicted molar refractivity (Wildman–Crippen MR) is 165 cm³/mol. The quantitative estimate of drug-likeness (QED) is 0.146. The molecule has 0 radical (unpaired) electrons. The van der Waals surface area contributed by atoms with E-state index in [1.165, 1.54) is 13.8 Å². The van der Waals surface area contributed by atoms with Crippen LogP contribution in [0.2, 0.25) is 0 Å². The number of carboxylic acids is 3. The predicted octanol–water partition coefficient (Wildman–Crippen LogP) is 2.68. The number of amides is 2. The van der Waals surface area contributed by atoms with Gasteiger partial charge in [-0.1, -0.05) is 48.5 Å². The Morgan fingerprint density at radius 1 is 0.636 bits per heavy atom. The van der Waals surface area contributed by atoms with Crippen LogP contribution < -0.4 is 10.6 Å². The van der Waals surface area contributed by atoms with Gasteiger partial charge in [0.15, 0.2) is 0 Å². The van der Waals surface area contributed by atoms with Gasteiger partial charge in [0.25, 0.3) is 20.2 Å². The maximum atomic E-state index is 11.3. The van der Waals surface area contributed by atoms with Gasteiger partial charge in [0.2, 0.25) is 11.8 Å². The van der Waals surface area contributed by atoms with Gasteiger partial charge in [0.1, 0.15) is 0 Å². The summed E-state index contributed by atoms with van der Waals surface area (Å²) in [6.07, 6.45) is 1.53. The summed E-state index contributed by atoms with van der Waals surface area (Å²) in [6, 6.07) is 0. The van der Waals surface area contributed by atoms with Crippen molar-refractivity contribution >= 4 is 50.0 Å². The number of carbonyl (C=O) groups is 5. The van der Waals surface area contributed by atoms with E-state index in [0.29, 0.717) is 6.42 Å². The van der Waals surface area contributed by atoms with E-state index in [1.54, 1.807) is 55.4 Å². The molecule has 0 aromatic heterocycles. The van der Waals surface area contributed by atoms with Crippen molar-refractivity contribution in [2.45, 2.75) is 113 Å². The highest BCUT2D eigenvalue weighted by Gasteiger charge is 2.27. The third-order valence-corrected chi connectivity index (χ3v) is 6.30. The molecule has 0 rings (SSSR count). The maximum Gasteiger partial charge on any atom is 0.305 e. The zero-order valence-electron chi connectivity index (χ0n) is 27.6. The van der Waals surface area contributed by atoms with Crippen molar-refractivity contribution in [3.05, 3.63) is 0 Å². The lowest BCUT2D eigenvalue weighted by atomic mass is 10.1. The minimum Gasteiger partial charge on any atom is -0.481 e. The minimum atomic E-state index is -4.07. The Morgan fingerprint density at radius 2 is 0.955 bits per heavy atom. The van der Waals surface area contributed by atoms with Gasteiger partial charge in [-0.05, 0) is 34.1 Å². The Labute approximate surface area is 261 Å². The van der Waals surface area contributed by atoms with Crippen LogP contribution >= 0.6 is 0 Å². The van der Waals surface area contributed by atoms with E-state index in [9.17, 15) is 40.8 Å². The molecule has 0 spiro atoms. The summed E-state index contributed by atoms with van der Waals surface area (Å²) in [6.45, 7) is 18.0.